The zero-order valence-electron chi connectivity index (χ0n) is 24.9. The number of nitrogens with zero attached hydrogens (tertiary/aromatic N) is 1. The van der Waals surface area contributed by atoms with Gasteiger partial charge in [-0.15, -0.1) is 12.2 Å². The predicted octanol–water partition coefficient (Wildman–Crippen LogP) is 8.57. The molecule has 0 bridgehead atoms. The van der Waals surface area contributed by atoms with E-state index in [4.69, 9.17) is 5.32 Å². The van der Waals surface area contributed by atoms with E-state index in [0.717, 1.165) is 6.54 Å². The molecule has 0 spiro atoms. The third-order valence-corrected chi connectivity index (χ3v) is 6.70. The average Bonchev–Trinajstić information content (AvgIpc) is 3.01. The Balaban J connectivity index is 0.00000159. The first-order valence-electron chi connectivity index (χ1n) is 13.0. The molecule has 36 heavy (non-hydrogen) atoms. The van der Waals surface area contributed by atoms with E-state index in [9.17, 15) is 0 Å². The van der Waals surface area contributed by atoms with Crippen molar-refractivity contribution in [2.75, 3.05) is 28.2 Å². The van der Waals surface area contributed by atoms with Crippen molar-refractivity contribution in [3.63, 3.8) is 0 Å². The maximum Gasteiger partial charge on any atom is 0.00316 e. The van der Waals surface area contributed by atoms with E-state index in [0.29, 0.717) is 17.8 Å². The van der Waals surface area contributed by atoms with Crippen LogP contribution in [0.5, 0.6) is 0 Å². The van der Waals surface area contributed by atoms with E-state index in [1.807, 2.05) is 28.2 Å². The van der Waals surface area contributed by atoms with Crippen LogP contribution < -0.4 is 10.6 Å². The van der Waals surface area contributed by atoms with Gasteiger partial charge in [0.05, 0.1) is 0 Å². The van der Waals surface area contributed by atoms with Crippen molar-refractivity contribution in [3.8, 4) is 0 Å². The maximum atomic E-state index is 5.20. The predicted molar refractivity (Wildman–Crippen MR) is 158 cm³/mol. The smallest absolute Gasteiger partial charge is 0.00316 e. The Morgan fingerprint density at radius 2 is 1.22 bits per heavy atom. The molecule has 0 amide bonds. The van der Waals surface area contributed by atoms with Gasteiger partial charge in [0.15, 0.2) is 0 Å². The molecule has 0 saturated heterocycles. The first-order chi connectivity index (χ1) is 16.6. The van der Waals surface area contributed by atoms with Gasteiger partial charge >= 0.3 is 0 Å². The largest absolute Gasteiger partial charge is 0.680 e. The molecular weight excluding hydrogens is 518 g/mol. The number of nitrogens with one attached hydrogen (secondary N) is 2. The van der Waals surface area contributed by atoms with E-state index in [-0.39, 0.29) is 26.2 Å². The summed E-state index contributed by atoms with van der Waals surface area (Å²) in [5.74, 6) is 1.42. The van der Waals surface area contributed by atoms with Gasteiger partial charge in [0, 0.05) is 32.1 Å². The van der Waals surface area contributed by atoms with Gasteiger partial charge in [-0.05, 0) is 83.1 Å². The summed E-state index contributed by atoms with van der Waals surface area (Å²) in [5.41, 5.74) is 12.5. The Morgan fingerprint density at radius 1 is 0.750 bits per heavy atom. The summed E-state index contributed by atoms with van der Waals surface area (Å²) >= 11 is 0. The molecule has 198 valence electrons. The molecule has 1 unspecified atom stereocenters. The topological polar surface area (TPSA) is 38.2 Å². The Kier molecular flexibility index (Phi) is 16.4. The third kappa shape index (κ3) is 8.82. The molecule has 0 radical (unpaired) electrons. The number of allylic oxidation sites excluding steroid dienone is 4. The van der Waals surface area contributed by atoms with Crippen LogP contribution in [0.2, 0.25) is 0 Å². The van der Waals surface area contributed by atoms with Crippen LogP contribution >= 0.6 is 0 Å². The van der Waals surface area contributed by atoms with Gasteiger partial charge in [-0.25, -0.2) is 0 Å². The Labute approximate surface area is 241 Å². The van der Waals surface area contributed by atoms with E-state index >= 15 is 0 Å². The van der Waals surface area contributed by atoms with Crippen LogP contribution in [-0.4, -0.2) is 28.2 Å². The van der Waals surface area contributed by atoms with Crippen LogP contribution in [0.1, 0.15) is 89.5 Å². The van der Waals surface area contributed by atoms with Gasteiger partial charge in [-0.1, -0.05) is 99.3 Å². The number of rotatable bonds is 6. The number of hydrogen-bond acceptors (Lipinski definition) is 2. The number of benzene rings is 2. The van der Waals surface area contributed by atoms with Gasteiger partial charge in [0.25, 0.3) is 0 Å². The van der Waals surface area contributed by atoms with Gasteiger partial charge < -0.3 is 16.0 Å². The van der Waals surface area contributed by atoms with Gasteiger partial charge in [-0.2, -0.15) is 0 Å². The van der Waals surface area contributed by atoms with Crippen LogP contribution in [0.25, 0.3) is 10.9 Å². The van der Waals surface area contributed by atoms with Gasteiger partial charge in [0.2, 0.25) is 0 Å². The molecule has 0 aromatic heterocycles. The van der Waals surface area contributed by atoms with Crippen LogP contribution in [0, 0.1) is 5.92 Å². The zero-order chi connectivity index (χ0) is 26.7. The fraction of sp³-hybridized carbons (Fsp3) is 0.500. The molecule has 0 heterocycles. The van der Waals surface area contributed by atoms with E-state index < -0.39 is 0 Å². The van der Waals surface area contributed by atoms with Crippen molar-refractivity contribution in [2.24, 2.45) is 5.92 Å². The van der Waals surface area contributed by atoms with Crippen LogP contribution in [0.15, 0.2) is 59.2 Å². The summed E-state index contributed by atoms with van der Waals surface area (Å²) in [4.78, 5) is 0. The van der Waals surface area contributed by atoms with Crippen LogP contribution in [-0.2, 0) is 32.7 Å². The summed E-state index contributed by atoms with van der Waals surface area (Å²) in [6.07, 6.45) is 0. The fourth-order valence-electron chi connectivity index (χ4n) is 4.58. The minimum Gasteiger partial charge on any atom is -0.680 e. The fourth-order valence-corrected chi connectivity index (χ4v) is 4.58. The van der Waals surface area contributed by atoms with E-state index in [1.54, 1.807) is 0 Å². The normalized spacial score (nSPS) is 14.8. The molecule has 4 heteroatoms. The number of hydrogen-bond donors (Lipinski definition) is 2. The Hall–Kier alpha value is -1.48. The molecule has 2 aromatic rings. The summed E-state index contributed by atoms with van der Waals surface area (Å²) in [7, 11) is 7.50. The average molecular weight is 568 g/mol. The minimum atomic E-state index is 0. The second-order valence-corrected chi connectivity index (χ2v) is 10.1. The molecule has 1 aliphatic rings. The summed E-state index contributed by atoms with van der Waals surface area (Å²) in [6.45, 7) is 18.9. The quantitative estimate of drug-likeness (QED) is 0.367. The third-order valence-electron chi connectivity index (χ3n) is 6.70. The molecule has 0 aliphatic heterocycles. The molecule has 1 atom stereocenters. The molecule has 1 aliphatic carbocycles. The number of para-hydroxylation sites is 1. The molecule has 3 nitrogen and oxygen atoms in total. The summed E-state index contributed by atoms with van der Waals surface area (Å²) < 4.78 is 0. The van der Waals surface area contributed by atoms with Crippen molar-refractivity contribution >= 4 is 11.3 Å². The van der Waals surface area contributed by atoms with Gasteiger partial charge in [0.1, 0.15) is 0 Å². The molecule has 0 saturated carbocycles. The van der Waals surface area contributed by atoms with Crippen molar-refractivity contribution < 1.29 is 26.2 Å². The molecule has 2 N–H and O–H groups in total. The van der Waals surface area contributed by atoms with Crippen molar-refractivity contribution in [1.29, 1.82) is 0 Å². The monoisotopic (exact) mass is 566 g/mol. The first kappa shape index (κ1) is 34.5. The minimum absolute atomic E-state index is 0. The zero-order valence-corrected chi connectivity index (χ0v) is 27.4. The van der Waals surface area contributed by atoms with Crippen LogP contribution in [0.4, 0.5) is 5.69 Å². The summed E-state index contributed by atoms with van der Waals surface area (Å²) in [6, 6.07) is 15.5. The molecule has 2 aromatic carbocycles. The Bertz CT molecular complexity index is 974. The molecule has 3 rings (SSSR count). The molecular formula is C32H50N3Zr-. The second-order valence-electron chi connectivity index (χ2n) is 10.1. The Morgan fingerprint density at radius 3 is 1.64 bits per heavy atom. The van der Waals surface area contributed by atoms with Crippen molar-refractivity contribution in [3.05, 3.63) is 86.8 Å². The van der Waals surface area contributed by atoms with E-state index in [1.165, 1.54) is 50.2 Å². The van der Waals surface area contributed by atoms with Crippen molar-refractivity contribution in [2.45, 2.75) is 73.8 Å². The van der Waals surface area contributed by atoms with E-state index in [2.05, 4.69) is 108 Å². The van der Waals surface area contributed by atoms with Gasteiger partial charge in [-0.3, -0.25) is 0 Å². The first-order valence-corrected chi connectivity index (χ1v) is 13.0. The van der Waals surface area contributed by atoms with Crippen molar-refractivity contribution in [1.82, 2.24) is 10.6 Å². The summed E-state index contributed by atoms with van der Waals surface area (Å²) in [5, 5.41) is 10.7. The standard InChI is InChI=1S/C28H36N.2C2H7N.Zr/c1-17(2)24-14-11-15-25(18(3)4)28(24)29-16-23-12-9-10-13-26(23)27-21(7)19(5)20(6)22(27)8;2*1-3-2;/h9-15,17-18,21H,16H2,1-8H3;2*3H,1-2H3;/q-1;;;. The molecule has 0 fully saturated rings. The maximum absolute atomic E-state index is 5.20. The second kappa shape index (κ2) is 17.1. The SMILES string of the molecule is CC1=C(C)C(C)C(c2ccccc2C[N-]c2c(C(C)C)cccc2C(C)C)=C1C.CNC.CNC.[Zr]. The van der Waals surface area contributed by atoms with Crippen LogP contribution in [0.3, 0.4) is 0 Å².